The van der Waals surface area contributed by atoms with Gasteiger partial charge in [0.25, 0.3) is 0 Å². The first-order valence-corrected chi connectivity index (χ1v) is 10.9. The number of nitrogens with one attached hydrogen (secondary N) is 2. The van der Waals surface area contributed by atoms with Crippen LogP contribution in [0.3, 0.4) is 0 Å². The van der Waals surface area contributed by atoms with Crippen LogP contribution in [0, 0.1) is 5.82 Å². The van der Waals surface area contributed by atoms with Gasteiger partial charge in [0.15, 0.2) is 5.96 Å². The standard InChI is InChI=1S/C23H33FN6/c1-3-25-23(26-12-11-20-7-5-6-8-21(20)24)28-18-19-9-10-22(27-17-19)30-15-13-29(4-2)14-16-30/h5-10,17H,3-4,11-16,18H2,1-2H3,(H2,25,26,28). The quantitative estimate of drug-likeness (QED) is 0.516. The summed E-state index contributed by atoms with van der Waals surface area (Å²) in [7, 11) is 0. The molecule has 1 aliphatic rings. The zero-order chi connectivity index (χ0) is 21.2. The molecule has 0 spiro atoms. The molecule has 30 heavy (non-hydrogen) atoms. The topological polar surface area (TPSA) is 55.8 Å². The van der Waals surface area contributed by atoms with Crippen LogP contribution in [0.5, 0.6) is 0 Å². The van der Waals surface area contributed by atoms with Gasteiger partial charge in [0.2, 0.25) is 0 Å². The minimum absolute atomic E-state index is 0.163. The molecule has 2 heterocycles. The number of hydrogen-bond donors (Lipinski definition) is 2. The van der Waals surface area contributed by atoms with Gasteiger partial charge in [-0.25, -0.2) is 14.4 Å². The molecule has 3 rings (SSSR count). The van der Waals surface area contributed by atoms with Crippen molar-refractivity contribution in [1.29, 1.82) is 0 Å². The Bertz CT molecular complexity index is 800. The maximum Gasteiger partial charge on any atom is 0.191 e. The SMILES string of the molecule is CCNC(=NCc1ccc(N2CCN(CC)CC2)nc1)NCCc1ccccc1F. The number of nitrogens with zero attached hydrogens (tertiary/aromatic N) is 4. The number of hydrogen-bond acceptors (Lipinski definition) is 4. The van der Waals surface area contributed by atoms with E-state index in [-0.39, 0.29) is 5.82 Å². The van der Waals surface area contributed by atoms with Crippen molar-refractivity contribution < 1.29 is 4.39 Å². The fraction of sp³-hybridized carbons (Fsp3) is 0.478. The number of guanidine groups is 1. The van der Waals surface area contributed by atoms with Gasteiger partial charge in [-0.3, -0.25) is 0 Å². The third-order valence-electron chi connectivity index (χ3n) is 5.36. The zero-order valence-electron chi connectivity index (χ0n) is 18.1. The van der Waals surface area contributed by atoms with Crippen molar-refractivity contribution in [2.24, 2.45) is 4.99 Å². The van der Waals surface area contributed by atoms with Crippen molar-refractivity contribution in [3.8, 4) is 0 Å². The van der Waals surface area contributed by atoms with E-state index in [0.717, 1.165) is 56.6 Å². The molecule has 2 aromatic rings. The number of benzene rings is 1. The molecule has 1 aliphatic heterocycles. The summed E-state index contributed by atoms with van der Waals surface area (Å²) in [6, 6.07) is 11.1. The Morgan fingerprint density at radius 3 is 2.53 bits per heavy atom. The molecule has 1 fully saturated rings. The van der Waals surface area contributed by atoms with E-state index in [0.29, 0.717) is 25.1 Å². The molecule has 0 atom stereocenters. The number of aliphatic imine (C=N–C) groups is 1. The van der Waals surface area contributed by atoms with Crippen molar-refractivity contribution in [3.63, 3.8) is 0 Å². The predicted octanol–water partition coefficient (Wildman–Crippen LogP) is 2.66. The Labute approximate surface area is 179 Å². The number of pyridine rings is 1. The van der Waals surface area contributed by atoms with Gasteiger partial charge in [-0.1, -0.05) is 31.2 Å². The summed E-state index contributed by atoms with van der Waals surface area (Å²) in [6.45, 7) is 11.5. The van der Waals surface area contributed by atoms with Crippen molar-refractivity contribution in [1.82, 2.24) is 20.5 Å². The second kappa shape index (κ2) is 11.5. The summed E-state index contributed by atoms with van der Waals surface area (Å²) in [5.41, 5.74) is 1.78. The number of likely N-dealkylation sites (N-methyl/N-ethyl adjacent to an activating group) is 1. The van der Waals surface area contributed by atoms with E-state index in [4.69, 9.17) is 0 Å². The average molecular weight is 413 g/mol. The van der Waals surface area contributed by atoms with Crippen LogP contribution in [0.1, 0.15) is 25.0 Å². The molecular formula is C23H33FN6. The normalized spacial score (nSPS) is 15.3. The van der Waals surface area contributed by atoms with Crippen LogP contribution in [0.25, 0.3) is 0 Å². The van der Waals surface area contributed by atoms with Gasteiger partial charge in [0.05, 0.1) is 6.54 Å². The third kappa shape index (κ3) is 6.42. The van der Waals surface area contributed by atoms with E-state index < -0.39 is 0 Å². The molecule has 0 bridgehead atoms. The summed E-state index contributed by atoms with van der Waals surface area (Å²) in [5, 5.41) is 6.52. The Kier molecular flexibility index (Phi) is 8.44. The van der Waals surface area contributed by atoms with Crippen LogP contribution >= 0.6 is 0 Å². The Balaban J connectivity index is 1.51. The van der Waals surface area contributed by atoms with Crippen LogP contribution in [-0.4, -0.2) is 61.7 Å². The summed E-state index contributed by atoms with van der Waals surface area (Å²) in [4.78, 5) is 14.1. The van der Waals surface area contributed by atoms with Crippen molar-refractivity contribution in [2.75, 3.05) is 50.7 Å². The molecule has 2 N–H and O–H groups in total. The average Bonchev–Trinajstić information content (AvgIpc) is 2.79. The molecule has 0 amide bonds. The maximum atomic E-state index is 13.7. The monoisotopic (exact) mass is 412 g/mol. The minimum Gasteiger partial charge on any atom is -0.357 e. The van der Waals surface area contributed by atoms with Gasteiger partial charge >= 0.3 is 0 Å². The summed E-state index contributed by atoms with van der Waals surface area (Å²) < 4.78 is 13.7. The van der Waals surface area contributed by atoms with Gasteiger partial charge in [-0.05, 0) is 43.1 Å². The van der Waals surface area contributed by atoms with E-state index in [9.17, 15) is 4.39 Å². The van der Waals surface area contributed by atoms with Crippen molar-refractivity contribution in [3.05, 3.63) is 59.5 Å². The number of aromatic nitrogens is 1. The number of piperazine rings is 1. The molecule has 6 nitrogen and oxygen atoms in total. The fourth-order valence-electron chi connectivity index (χ4n) is 3.52. The molecule has 1 saturated heterocycles. The minimum atomic E-state index is -0.163. The lowest BCUT2D eigenvalue weighted by Gasteiger charge is -2.34. The van der Waals surface area contributed by atoms with Crippen LogP contribution in [-0.2, 0) is 13.0 Å². The first-order valence-electron chi connectivity index (χ1n) is 10.9. The number of rotatable bonds is 8. The molecule has 1 aromatic carbocycles. The number of halogens is 1. The van der Waals surface area contributed by atoms with Crippen LogP contribution < -0.4 is 15.5 Å². The van der Waals surface area contributed by atoms with E-state index in [1.54, 1.807) is 6.07 Å². The summed E-state index contributed by atoms with van der Waals surface area (Å²) in [5.74, 6) is 1.60. The van der Waals surface area contributed by atoms with Crippen LogP contribution in [0.15, 0.2) is 47.6 Å². The highest BCUT2D eigenvalue weighted by atomic mass is 19.1. The van der Waals surface area contributed by atoms with Gasteiger partial charge < -0.3 is 20.4 Å². The highest BCUT2D eigenvalue weighted by molar-refractivity contribution is 5.79. The first kappa shape index (κ1) is 22.0. The van der Waals surface area contributed by atoms with Crippen molar-refractivity contribution in [2.45, 2.75) is 26.8 Å². The maximum absolute atomic E-state index is 13.7. The van der Waals surface area contributed by atoms with Crippen molar-refractivity contribution >= 4 is 11.8 Å². The largest absolute Gasteiger partial charge is 0.357 e. The molecule has 7 heteroatoms. The second-order valence-electron chi connectivity index (χ2n) is 7.41. The first-order chi connectivity index (χ1) is 14.7. The molecule has 0 radical (unpaired) electrons. The summed E-state index contributed by atoms with van der Waals surface area (Å²) in [6.07, 6.45) is 2.52. The van der Waals surface area contributed by atoms with Gasteiger partial charge in [0.1, 0.15) is 11.6 Å². The molecule has 0 saturated carbocycles. The molecule has 0 unspecified atom stereocenters. The predicted molar refractivity (Wildman–Crippen MR) is 121 cm³/mol. The van der Waals surface area contributed by atoms with E-state index in [1.807, 2.05) is 25.3 Å². The van der Waals surface area contributed by atoms with Gasteiger partial charge in [-0.15, -0.1) is 0 Å². The highest BCUT2D eigenvalue weighted by Crippen LogP contribution is 2.14. The highest BCUT2D eigenvalue weighted by Gasteiger charge is 2.16. The number of anilines is 1. The lowest BCUT2D eigenvalue weighted by Crippen LogP contribution is -2.46. The van der Waals surface area contributed by atoms with Crippen LogP contribution in [0.4, 0.5) is 10.2 Å². The lowest BCUT2D eigenvalue weighted by atomic mass is 10.1. The van der Waals surface area contributed by atoms with E-state index in [2.05, 4.69) is 49.5 Å². The molecule has 0 aliphatic carbocycles. The van der Waals surface area contributed by atoms with E-state index in [1.165, 1.54) is 6.07 Å². The van der Waals surface area contributed by atoms with Gasteiger partial charge in [-0.2, -0.15) is 0 Å². The molecule has 1 aromatic heterocycles. The smallest absolute Gasteiger partial charge is 0.191 e. The Hall–Kier alpha value is -2.67. The summed E-state index contributed by atoms with van der Waals surface area (Å²) >= 11 is 0. The third-order valence-corrected chi connectivity index (χ3v) is 5.36. The Morgan fingerprint density at radius 2 is 1.87 bits per heavy atom. The fourth-order valence-corrected chi connectivity index (χ4v) is 3.52. The lowest BCUT2D eigenvalue weighted by molar-refractivity contribution is 0.270. The zero-order valence-corrected chi connectivity index (χ0v) is 18.1. The second-order valence-corrected chi connectivity index (χ2v) is 7.41. The van der Waals surface area contributed by atoms with Gasteiger partial charge in [0, 0.05) is 45.5 Å². The Morgan fingerprint density at radius 1 is 1.07 bits per heavy atom. The molecule has 162 valence electrons. The van der Waals surface area contributed by atoms with Crippen LogP contribution in [0.2, 0.25) is 0 Å². The molecular weight excluding hydrogens is 379 g/mol. The van der Waals surface area contributed by atoms with E-state index >= 15 is 0 Å².